The van der Waals surface area contributed by atoms with Crippen LogP contribution < -0.4 is 10.6 Å². The van der Waals surface area contributed by atoms with Crippen molar-refractivity contribution in [1.29, 1.82) is 0 Å². The molecule has 100 valence electrons. The van der Waals surface area contributed by atoms with Gasteiger partial charge in [0.1, 0.15) is 0 Å². The molecule has 1 aliphatic heterocycles. The number of halogens is 3. The van der Waals surface area contributed by atoms with Gasteiger partial charge in [0.25, 0.3) is 0 Å². The predicted octanol–water partition coefficient (Wildman–Crippen LogP) is 3.36. The van der Waals surface area contributed by atoms with E-state index in [2.05, 4.69) is 0 Å². The van der Waals surface area contributed by atoms with Gasteiger partial charge in [-0.05, 0) is 43.5 Å². The highest BCUT2D eigenvalue weighted by molar-refractivity contribution is 5.58. The molecule has 18 heavy (non-hydrogen) atoms. The molecule has 0 spiro atoms. The second-order valence-corrected chi connectivity index (χ2v) is 4.87. The Balaban J connectivity index is 2.15. The minimum Gasteiger partial charge on any atom is -0.399 e. The van der Waals surface area contributed by atoms with Gasteiger partial charge >= 0.3 is 6.18 Å². The minimum absolute atomic E-state index is 0.0485. The van der Waals surface area contributed by atoms with Crippen molar-refractivity contribution in [3.8, 4) is 0 Å². The summed E-state index contributed by atoms with van der Waals surface area (Å²) >= 11 is 0. The van der Waals surface area contributed by atoms with E-state index in [4.69, 9.17) is 5.73 Å². The number of piperidine rings is 1. The van der Waals surface area contributed by atoms with Crippen LogP contribution >= 0.6 is 0 Å². The average molecular weight is 258 g/mol. The molecule has 1 saturated heterocycles. The van der Waals surface area contributed by atoms with Gasteiger partial charge in [-0.2, -0.15) is 13.2 Å². The number of aryl methyl sites for hydroxylation is 1. The summed E-state index contributed by atoms with van der Waals surface area (Å²) in [6.07, 6.45) is -3.29. The fourth-order valence-electron chi connectivity index (χ4n) is 2.34. The summed E-state index contributed by atoms with van der Waals surface area (Å²) < 4.78 is 38.2. The number of nitrogen functional groups attached to an aromatic ring is 1. The van der Waals surface area contributed by atoms with Crippen LogP contribution in [-0.4, -0.2) is 19.3 Å². The lowest BCUT2D eigenvalue weighted by molar-refractivity contribution is -0.175. The number of nitrogens with two attached hydrogens (primary N) is 1. The number of hydrogen-bond donors (Lipinski definition) is 1. The van der Waals surface area contributed by atoms with Gasteiger partial charge in [0.2, 0.25) is 0 Å². The largest absolute Gasteiger partial charge is 0.399 e. The highest BCUT2D eigenvalue weighted by Crippen LogP contribution is 2.35. The molecule has 0 amide bonds. The lowest BCUT2D eigenvalue weighted by Gasteiger charge is -2.35. The zero-order valence-electron chi connectivity index (χ0n) is 10.3. The van der Waals surface area contributed by atoms with Gasteiger partial charge < -0.3 is 10.6 Å². The van der Waals surface area contributed by atoms with Crippen LogP contribution in [0.5, 0.6) is 0 Å². The van der Waals surface area contributed by atoms with Gasteiger partial charge in [0, 0.05) is 24.5 Å². The van der Waals surface area contributed by atoms with Crippen molar-refractivity contribution in [2.45, 2.75) is 25.9 Å². The Bertz CT molecular complexity index is 429. The fraction of sp³-hybridized carbons (Fsp3) is 0.538. The van der Waals surface area contributed by atoms with Crippen LogP contribution in [0.2, 0.25) is 0 Å². The van der Waals surface area contributed by atoms with E-state index in [1.165, 1.54) is 0 Å². The van der Waals surface area contributed by atoms with Crippen molar-refractivity contribution in [2.75, 3.05) is 23.7 Å². The topological polar surface area (TPSA) is 29.3 Å². The maximum atomic E-state index is 12.7. The molecule has 2 nitrogen and oxygen atoms in total. The van der Waals surface area contributed by atoms with Crippen LogP contribution in [0, 0.1) is 12.8 Å². The molecule has 1 aromatic carbocycles. The number of benzene rings is 1. The van der Waals surface area contributed by atoms with Crippen molar-refractivity contribution in [3.05, 3.63) is 23.8 Å². The van der Waals surface area contributed by atoms with Gasteiger partial charge in [-0.1, -0.05) is 0 Å². The lowest BCUT2D eigenvalue weighted by Crippen LogP contribution is -2.41. The monoisotopic (exact) mass is 258 g/mol. The first-order chi connectivity index (χ1) is 8.38. The molecule has 1 fully saturated rings. The quantitative estimate of drug-likeness (QED) is 0.783. The SMILES string of the molecule is Cc1cc(N2CCCC(C(F)(F)F)C2)ccc1N. The van der Waals surface area contributed by atoms with Crippen LogP contribution in [0.1, 0.15) is 18.4 Å². The van der Waals surface area contributed by atoms with E-state index in [0.29, 0.717) is 18.7 Å². The van der Waals surface area contributed by atoms with E-state index in [0.717, 1.165) is 11.3 Å². The van der Waals surface area contributed by atoms with Crippen LogP contribution in [0.3, 0.4) is 0 Å². The normalized spacial score (nSPS) is 21.1. The zero-order chi connectivity index (χ0) is 13.3. The first kappa shape index (κ1) is 13.1. The highest BCUT2D eigenvalue weighted by atomic mass is 19.4. The number of anilines is 2. The van der Waals surface area contributed by atoms with E-state index < -0.39 is 12.1 Å². The summed E-state index contributed by atoms with van der Waals surface area (Å²) in [5.74, 6) is -1.22. The van der Waals surface area contributed by atoms with Gasteiger partial charge in [0.15, 0.2) is 0 Å². The molecule has 5 heteroatoms. The Labute approximate surface area is 105 Å². The lowest BCUT2D eigenvalue weighted by atomic mass is 9.97. The second-order valence-electron chi connectivity index (χ2n) is 4.87. The van der Waals surface area contributed by atoms with Crippen LogP contribution in [0.25, 0.3) is 0 Å². The van der Waals surface area contributed by atoms with Crippen molar-refractivity contribution in [1.82, 2.24) is 0 Å². The molecule has 0 saturated carbocycles. The molecule has 0 radical (unpaired) electrons. The molecular formula is C13H17F3N2. The van der Waals surface area contributed by atoms with Crippen molar-refractivity contribution in [2.24, 2.45) is 5.92 Å². The second kappa shape index (κ2) is 4.71. The molecular weight excluding hydrogens is 241 g/mol. The van der Waals surface area contributed by atoms with E-state index in [1.54, 1.807) is 17.0 Å². The third kappa shape index (κ3) is 2.71. The van der Waals surface area contributed by atoms with E-state index in [-0.39, 0.29) is 13.0 Å². The number of nitrogens with zero attached hydrogens (tertiary/aromatic N) is 1. The molecule has 0 aromatic heterocycles. The Hall–Kier alpha value is -1.39. The van der Waals surface area contributed by atoms with Gasteiger partial charge in [0.05, 0.1) is 5.92 Å². The van der Waals surface area contributed by atoms with Crippen molar-refractivity contribution < 1.29 is 13.2 Å². The maximum Gasteiger partial charge on any atom is 0.393 e. The van der Waals surface area contributed by atoms with Gasteiger partial charge in [-0.25, -0.2) is 0 Å². The molecule has 0 aliphatic carbocycles. The number of alkyl halides is 3. The minimum atomic E-state index is -4.10. The predicted molar refractivity (Wildman–Crippen MR) is 66.6 cm³/mol. The van der Waals surface area contributed by atoms with Gasteiger partial charge in [-0.3, -0.25) is 0 Å². The third-order valence-corrected chi connectivity index (χ3v) is 3.50. The van der Waals surface area contributed by atoms with Crippen molar-refractivity contribution in [3.63, 3.8) is 0 Å². The summed E-state index contributed by atoms with van der Waals surface area (Å²) in [6.45, 7) is 2.59. The van der Waals surface area contributed by atoms with E-state index in [9.17, 15) is 13.2 Å². The Morgan fingerprint density at radius 1 is 1.33 bits per heavy atom. The number of rotatable bonds is 1. The highest BCUT2D eigenvalue weighted by Gasteiger charge is 2.41. The van der Waals surface area contributed by atoms with E-state index in [1.807, 2.05) is 13.0 Å². The summed E-state index contributed by atoms with van der Waals surface area (Å²) in [4.78, 5) is 1.80. The molecule has 2 rings (SSSR count). The third-order valence-electron chi connectivity index (χ3n) is 3.50. The zero-order valence-corrected chi connectivity index (χ0v) is 10.3. The molecule has 1 atom stereocenters. The molecule has 1 unspecified atom stereocenters. The van der Waals surface area contributed by atoms with Crippen LogP contribution in [0.15, 0.2) is 18.2 Å². The van der Waals surface area contributed by atoms with Gasteiger partial charge in [-0.15, -0.1) is 0 Å². The summed E-state index contributed by atoms with van der Waals surface area (Å²) in [5.41, 5.74) is 8.12. The first-order valence-corrected chi connectivity index (χ1v) is 6.05. The first-order valence-electron chi connectivity index (χ1n) is 6.05. The molecule has 1 heterocycles. The Kier molecular flexibility index (Phi) is 3.41. The van der Waals surface area contributed by atoms with Crippen molar-refractivity contribution >= 4 is 11.4 Å². The smallest absolute Gasteiger partial charge is 0.393 e. The van der Waals surface area contributed by atoms with Crippen LogP contribution in [-0.2, 0) is 0 Å². The standard InChI is InChI=1S/C13H17F3N2/c1-9-7-11(4-5-12(9)17)18-6-2-3-10(8-18)13(14,15)16/h4-5,7,10H,2-3,6,8,17H2,1H3. The summed E-state index contributed by atoms with van der Waals surface area (Å²) in [5, 5.41) is 0. The summed E-state index contributed by atoms with van der Waals surface area (Å²) in [7, 11) is 0. The maximum absolute atomic E-state index is 12.7. The number of hydrogen-bond acceptors (Lipinski definition) is 2. The Morgan fingerprint density at radius 3 is 2.67 bits per heavy atom. The summed E-state index contributed by atoms with van der Waals surface area (Å²) in [6, 6.07) is 5.40. The molecule has 1 aliphatic rings. The Morgan fingerprint density at radius 2 is 2.06 bits per heavy atom. The molecule has 0 bridgehead atoms. The molecule has 1 aromatic rings. The van der Waals surface area contributed by atoms with E-state index >= 15 is 0 Å². The van der Waals surface area contributed by atoms with Crippen LogP contribution in [0.4, 0.5) is 24.5 Å². The average Bonchev–Trinajstić information content (AvgIpc) is 2.32. The fourth-order valence-corrected chi connectivity index (χ4v) is 2.34. The molecule has 2 N–H and O–H groups in total.